The van der Waals surface area contributed by atoms with Crippen LogP contribution in [0.2, 0.25) is 0 Å². The highest BCUT2D eigenvalue weighted by molar-refractivity contribution is 7.09. The number of anilines is 1. The summed E-state index contributed by atoms with van der Waals surface area (Å²) in [6.07, 6.45) is 8.50. The van der Waals surface area contributed by atoms with Crippen molar-refractivity contribution >= 4 is 34.0 Å². The van der Waals surface area contributed by atoms with Crippen LogP contribution in [0.15, 0.2) is 89.3 Å². The van der Waals surface area contributed by atoms with E-state index in [2.05, 4.69) is 72.9 Å². The van der Waals surface area contributed by atoms with Crippen molar-refractivity contribution in [2.45, 2.75) is 13.8 Å². The average Bonchev–Trinajstić information content (AvgIpc) is 3.34. The van der Waals surface area contributed by atoms with Crippen molar-refractivity contribution in [3.8, 4) is 11.4 Å². The fourth-order valence-electron chi connectivity index (χ4n) is 3.18. The molecule has 8 nitrogen and oxygen atoms in total. The monoisotopic (exact) mass is 476 g/mol. The van der Waals surface area contributed by atoms with Gasteiger partial charge >= 0.3 is 0 Å². The summed E-state index contributed by atoms with van der Waals surface area (Å²) < 4.78 is 4.36. The van der Waals surface area contributed by atoms with Crippen LogP contribution in [-0.2, 0) is 4.79 Å². The number of rotatable bonds is 8. The first kappa shape index (κ1) is 24.8. The second-order valence-corrected chi connectivity index (χ2v) is 8.08. The third kappa shape index (κ3) is 7.93. The highest BCUT2D eigenvalue weighted by Crippen LogP contribution is 2.26. The number of hydrogen-bond acceptors (Lipinski definition) is 8. The van der Waals surface area contributed by atoms with Crippen LogP contribution in [0.25, 0.3) is 11.4 Å². The molecule has 0 atom stereocenters. The van der Waals surface area contributed by atoms with Gasteiger partial charge in [0, 0.05) is 55.9 Å². The lowest BCUT2D eigenvalue weighted by atomic mass is 10.2. The van der Waals surface area contributed by atoms with Crippen molar-refractivity contribution < 1.29 is 9.90 Å². The molecule has 1 aliphatic rings. The molecule has 2 aromatic carbocycles. The van der Waals surface area contributed by atoms with Gasteiger partial charge in [-0.1, -0.05) is 42.5 Å². The molecule has 9 heteroatoms. The molecule has 0 saturated heterocycles. The zero-order valence-corrected chi connectivity index (χ0v) is 20.1. The predicted molar refractivity (Wildman–Crippen MR) is 137 cm³/mol. The van der Waals surface area contributed by atoms with E-state index in [9.17, 15) is 0 Å². The minimum absolute atomic E-state index is 0.553. The van der Waals surface area contributed by atoms with Gasteiger partial charge in [-0.25, -0.2) is 0 Å². The van der Waals surface area contributed by atoms with E-state index in [0.29, 0.717) is 11.0 Å². The Labute approximate surface area is 203 Å². The number of hydrogen-bond donors (Lipinski definition) is 1. The lowest BCUT2D eigenvalue weighted by Crippen LogP contribution is -2.33. The Balaban J connectivity index is 0.000000751. The van der Waals surface area contributed by atoms with E-state index in [1.807, 2.05) is 42.5 Å². The lowest BCUT2D eigenvalue weighted by molar-refractivity contribution is -0.134. The molecule has 0 amide bonds. The van der Waals surface area contributed by atoms with Crippen LogP contribution in [0.5, 0.6) is 0 Å². The Bertz CT molecular complexity index is 1120. The maximum Gasteiger partial charge on any atom is 0.300 e. The Kier molecular flexibility index (Phi) is 9.48. The third-order valence-electron chi connectivity index (χ3n) is 4.84. The lowest BCUT2D eigenvalue weighted by Gasteiger charge is -2.27. The summed E-state index contributed by atoms with van der Waals surface area (Å²) in [5, 5.41) is 16.5. The second-order valence-electron chi connectivity index (χ2n) is 7.35. The van der Waals surface area contributed by atoms with Crippen molar-refractivity contribution in [3.63, 3.8) is 0 Å². The largest absolute Gasteiger partial charge is 0.481 e. The van der Waals surface area contributed by atoms with E-state index in [0.717, 1.165) is 44.4 Å². The van der Waals surface area contributed by atoms with Gasteiger partial charge in [0.15, 0.2) is 5.82 Å². The quantitative estimate of drug-likeness (QED) is 0.405. The van der Waals surface area contributed by atoms with Crippen molar-refractivity contribution in [1.82, 2.24) is 14.3 Å². The summed E-state index contributed by atoms with van der Waals surface area (Å²) in [6, 6.07) is 18.1. The Morgan fingerprint density at radius 1 is 1.12 bits per heavy atom. The molecule has 1 aliphatic heterocycles. The standard InChI is InChI=1S/C23H24N6S.C2H4O2/c1-2-29(18-17-28-15-7-4-8-16-28)21-13-11-20(12-14-21)25-26-23-24-22(27-30-23)19-9-5-3-6-10-19;1-2(3)4/h3-15H,2,16-18H2,1H3;1H3,(H,3,4). The minimum atomic E-state index is -0.833. The van der Waals surface area contributed by atoms with Crippen LogP contribution in [0.4, 0.5) is 16.5 Å². The molecule has 0 fully saturated rings. The van der Waals surface area contributed by atoms with Gasteiger partial charge in [0.25, 0.3) is 5.97 Å². The maximum atomic E-state index is 9.00. The second kappa shape index (κ2) is 13.0. The van der Waals surface area contributed by atoms with Crippen molar-refractivity contribution in [2.75, 3.05) is 31.1 Å². The first-order valence-electron chi connectivity index (χ1n) is 11.0. The zero-order chi connectivity index (χ0) is 24.2. The minimum Gasteiger partial charge on any atom is -0.481 e. The Morgan fingerprint density at radius 2 is 1.85 bits per heavy atom. The van der Waals surface area contributed by atoms with Gasteiger partial charge in [-0.05, 0) is 43.5 Å². The highest BCUT2D eigenvalue weighted by Gasteiger charge is 2.08. The normalized spacial score (nSPS) is 12.5. The molecular weight excluding hydrogens is 448 g/mol. The maximum absolute atomic E-state index is 9.00. The number of nitrogens with zero attached hydrogens (tertiary/aromatic N) is 6. The van der Waals surface area contributed by atoms with E-state index in [1.54, 1.807) is 0 Å². The highest BCUT2D eigenvalue weighted by atomic mass is 32.1. The van der Waals surface area contributed by atoms with Gasteiger partial charge in [0.1, 0.15) is 0 Å². The molecule has 34 heavy (non-hydrogen) atoms. The van der Waals surface area contributed by atoms with Gasteiger partial charge in [-0.2, -0.15) is 9.36 Å². The number of carboxylic acid groups (broad SMARTS) is 1. The van der Waals surface area contributed by atoms with Crippen LogP contribution in [0.3, 0.4) is 0 Å². The number of allylic oxidation sites excluding steroid dienone is 2. The van der Waals surface area contributed by atoms with E-state index in [-0.39, 0.29) is 0 Å². The van der Waals surface area contributed by atoms with Crippen molar-refractivity contribution in [1.29, 1.82) is 0 Å². The van der Waals surface area contributed by atoms with Gasteiger partial charge in [0.2, 0.25) is 5.13 Å². The number of carbonyl (C=O) groups is 1. The van der Waals surface area contributed by atoms with E-state index < -0.39 is 5.97 Å². The first-order chi connectivity index (χ1) is 16.5. The van der Waals surface area contributed by atoms with Crippen molar-refractivity contribution in [2.24, 2.45) is 10.2 Å². The van der Waals surface area contributed by atoms with Crippen LogP contribution < -0.4 is 4.90 Å². The third-order valence-corrected chi connectivity index (χ3v) is 5.44. The molecule has 0 bridgehead atoms. The number of benzene rings is 2. The molecule has 2 heterocycles. The molecule has 3 aromatic rings. The molecule has 0 radical (unpaired) electrons. The predicted octanol–water partition coefficient (Wildman–Crippen LogP) is 5.92. The van der Waals surface area contributed by atoms with Crippen LogP contribution >= 0.6 is 11.5 Å². The van der Waals surface area contributed by atoms with Crippen LogP contribution in [0.1, 0.15) is 13.8 Å². The summed E-state index contributed by atoms with van der Waals surface area (Å²) >= 11 is 1.25. The van der Waals surface area contributed by atoms with Gasteiger partial charge in [-0.15, -0.1) is 10.2 Å². The smallest absolute Gasteiger partial charge is 0.300 e. The summed E-state index contributed by atoms with van der Waals surface area (Å²) in [7, 11) is 0. The zero-order valence-electron chi connectivity index (χ0n) is 19.3. The first-order valence-corrected chi connectivity index (χ1v) is 11.7. The molecule has 4 rings (SSSR count). The number of aromatic nitrogens is 2. The molecule has 0 aliphatic carbocycles. The van der Waals surface area contributed by atoms with E-state index in [1.165, 1.54) is 17.2 Å². The number of carboxylic acids is 1. The van der Waals surface area contributed by atoms with Gasteiger partial charge < -0.3 is 14.9 Å². The summed E-state index contributed by atoms with van der Waals surface area (Å²) in [5.41, 5.74) is 2.97. The Morgan fingerprint density at radius 3 is 2.50 bits per heavy atom. The fraction of sp³-hybridized carbons (Fsp3) is 0.240. The SMILES string of the molecule is CC(=O)O.CCN(CCN1C=CC=CC1)c1ccc(N=Nc2nc(-c3ccccc3)ns2)cc1. The van der Waals surface area contributed by atoms with Crippen LogP contribution in [-0.4, -0.2) is 51.5 Å². The summed E-state index contributed by atoms with van der Waals surface area (Å²) in [5.74, 6) is -0.150. The summed E-state index contributed by atoms with van der Waals surface area (Å²) in [4.78, 5) is 18.1. The average molecular weight is 477 g/mol. The molecule has 176 valence electrons. The molecule has 0 unspecified atom stereocenters. The molecule has 0 saturated carbocycles. The fourth-order valence-corrected chi connectivity index (χ4v) is 3.70. The van der Waals surface area contributed by atoms with Gasteiger partial charge in [0.05, 0.1) is 5.69 Å². The molecule has 1 aromatic heterocycles. The number of likely N-dealkylation sites (N-methyl/N-ethyl adjacent to an activating group) is 1. The molecule has 1 N–H and O–H groups in total. The Hall–Kier alpha value is -3.85. The van der Waals surface area contributed by atoms with E-state index in [4.69, 9.17) is 9.90 Å². The molecule has 0 spiro atoms. The number of aliphatic carboxylic acids is 1. The van der Waals surface area contributed by atoms with E-state index >= 15 is 0 Å². The van der Waals surface area contributed by atoms with Crippen LogP contribution in [0, 0.1) is 0 Å². The van der Waals surface area contributed by atoms with Crippen molar-refractivity contribution in [3.05, 3.63) is 79.0 Å². The summed E-state index contributed by atoms with van der Waals surface area (Å²) in [6.45, 7) is 7.17. The van der Waals surface area contributed by atoms with Gasteiger partial charge in [-0.3, -0.25) is 4.79 Å². The molecular formula is C25H28N6O2S. The number of azo groups is 1. The topological polar surface area (TPSA) is 94.3 Å².